The van der Waals surface area contributed by atoms with Crippen molar-refractivity contribution >= 4 is 28.9 Å². The van der Waals surface area contributed by atoms with E-state index in [-0.39, 0.29) is 0 Å². The largest absolute Gasteiger partial charge is 0.345 e. The minimum Gasteiger partial charge on any atom is -0.345 e. The first kappa shape index (κ1) is 16.6. The van der Waals surface area contributed by atoms with Gasteiger partial charge in [-0.25, -0.2) is 4.99 Å². The van der Waals surface area contributed by atoms with Crippen LogP contribution in [0.15, 0.2) is 65.7 Å². The number of hydrogen-bond acceptors (Lipinski definition) is 2. The normalized spacial score (nSPS) is 16.0. The van der Waals surface area contributed by atoms with Gasteiger partial charge in [0, 0.05) is 37.4 Å². The number of nitrogens with one attached hydrogen (secondary N) is 1. The molecular weight excluding hydrogens is 316 g/mol. The monoisotopic (exact) mass is 338 g/mol. The highest BCUT2D eigenvalue weighted by atomic mass is 32.1. The molecule has 2 aromatic carbocycles. The van der Waals surface area contributed by atoms with Crippen LogP contribution in [0.2, 0.25) is 0 Å². The summed E-state index contributed by atoms with van der Waals surface area (Å²) in [6.45, 7) is 3.88. The highest BCUT2D eigenvalue weighted by Crippen LogP contribution is 2.11. The Bertz CT molecular complexity index is 692. The van der Waals surface area contributed by atoms with Crippen LogP contribution in [0.3, 0.4) is 0 Å². The van der Waals surface area contributed by atoms with Gasteiger partial charge in [-0.05, 0) is 31.4 Å². The minimum atomic E-state index is 0.644. The maximum Gasteiger partial charge on any atom is 0.197 e. The summed E-state index contributed by atoms with van der Waals surface area (Å²) in [5.41, 5.74) is 2.03. The molecule has 0 amide bonds. The zero-order valence-electron chi connectivity index (χ0n) is 13.9. The van der Waals surface area contributed by atoms with E-state index in [1.54, 1.807) is 0 Å². The van der Waals surface area contributed by atoms with Crippen molar-refractivity contribution in [2.45, 2.75) is 0 Å². The van der Waals surface area contributed by atoms with Gasteiger partial charge in [-0.15, -0.1) is 0 Å². The average molecular weight is 338 g/mol. The van der Waals surface area contributed by atoms with E-state index >= 15 is 0 Å². The van der Waals surface area contributed by atoms with Gasteiger partial charge >= 0.3 is 0 Å². The quantitative estimate of drug-likeness (QED) is 0.518. The minimum absolute atomic E-state index is 0.644. The predicted octanol–water partition coefficient (Wildman–Crippen LogP) is 3.08. The van der Waals surface area contributed by atoms with Crippen LogP contribution in [0, 0.1) is 0 Å². The Labute approximate surface area is 148 Å². The van der Waals surface area contributed by atoms with Crippen molar-refractivity contribution in [2.75, 3.05) is 38.5 Å². The summed E-state index contributed by atoms with van der Waals surface area (Å²) >= 11 is 5.58. The lowest BCUT2D eigenvalue weighted by Crippen LogP contribution is -2.46. The van der Waals surface area contributed by atoms with Crippen molar-refractivity contribution in [1.29, 1.82) is 0 Å². The number of piperazine rings is 1. The van der Waals surface area contributed by atoms with Crippen LogP contribution in [0.1, 0.15) is 5.56 Å². The summed E-state index contributed by atoms with van der Waals surface area (Å²) in [5.74, 6) is 0.783. The summed E-state index contributed by atoms with van der Waals surface area (Å²) in [5, 5.41) is 4.04. The second kappa shape index (κ2) is 8.04. The van der Waals surface area contributed by atoms with Crippen molar-refractivity contribution in [2.24, 2.45) is 4.99 Å². The van der Waals surface area contributed by atoms with Crippen LogP contribution in [0.25, 0.3) is 0 Å². The van der Waals surface area contributed by atoms with E-state index in [4.69, 9.17) is 17.2 Å². The molecule has 0 saturated carbocycles. The molecule has 0 bridgehead atoms. The van der Waals surface area contributed by atoms with E-state index in [1.807, 2.05) is 60.7 Å². The lowest BCUT2D eigenvalue weighted by atomic mass is 10.2. The van der Waals surface area contributed by atoms with Crippen molar-refractivity contribution in [1.82, 2.24) is 9.80 Å². The Hall–Kier alpha value is -2.24. The highest BCUT2D eigenvalue weighted by Gasteiger charge is 2.17. The Morgan fingerprint density at radius 2 is 1.50 bits per heavy atom. The number of nitrogens with zero attached hydrogens (tertiary/aromatic N) is 3. The first-order chi connectivity index (χ1) is 11.7. The molecule has 0 spiro atoms. The molecule has 0 aromatic heterocycles. The second-order valence-electron chi connectivity index (χ2n) is 5.89. The molecule has 0 aliphatic carbocycles. The van der Waals surface area contributed by atoms with Gasteiger partial charge in [0.05, 0.1) is 0 Å². The molecule has 4 nitrogen and oxygen atoms in total. The Morgan fingerprint density at radius 3 is 2.12 bits per heavy atom. The lowest BCUT2D eigenvalue weighted by Gasteiger charge is -2.32. The van der Waals surface area contributed by atoms with Crippen LogP contribution in [0.5, 0.6) is 0 Å². The number of para-hydroxylation sites is 1. The smallest absolute Gasteiger partial charge is 0.197 e. The third kappa shape index (κ3) is 4.40. The van der Waals surface area contributed by atoms with Gasteiger partial charge in [0.15, 0.2) is 5.11 Å². The Kier molecular flexibility index (Phi) is 5.56. The molecule has 1 heterocycles. The van der Waals surface area contributed by atoms with E-state index in [1.165, 1.54) is 0 Å². The van der Waals surface area contributed by atoms with E-state index < -0.39 is 0 Å². The molecule has 1 N–H and O–H groups in total. The lowest BCUT2D eigenvalue weighted by molar-refractivity contribution is 0.216. The summed E-state index contributed by atoms with van der Waals surface area (Å²) in [4.78, 5) is 9.22. The molecule has 24 heavy (non-hydrogen) atoms. The SMILES string of the molecule is CN1CCN(C(=S)N=C(Nc2ccccc2)c2ccccc2)CC1. The molecule has 1 fully saturated rings. The Balaban J connectivity index is 1.82. The van der Waals surface area contributed by atoms with Crippen LogP contribution in [0.4, 0.5) is 5.69 Å². The molecule has 3 rings (SSSR count). The number of rotatable bonds is 2. The van der Waals surface area contributed by atoms with Crippen molar-refractivity contribution < 1.29 is 0 Å². The zero-order valence-corrected chi connectivity index (χ0v) is 14.7. The fraction of sp³-hybridized carbons (Fsp3) is 0.263. The molecule has 1 saturated heterocycles. The maximum atomic E-state index is 5.58. The third-order valence-corrected chi connectivity index (χ3v) is 4.41. The van der Waals surface area contributed by atoms with Gasteiger partial charge in [-0.3, -0.25) is 0 Å². The number of benzene rings is 2. The molecule has 1 aliphatic rings. The first-order valence-corrected chi connectivity index (χ1v) is 8.57. The van der Waals surface area contributed by atoms with Crippen LogP contribution >= 0.6 is 12.2 Å². The van der Waals surface area contributed by atoms with Crippen LogP contribution in [-0.2, 0) is 0 Å². The molecule has 124 valence electrons. The fourth-order valence-corrected chi connectivity index (χ4v) is 2.86. The van der Waals surface area contributed by atoms with Gasteiger partial charge in [-0.1, -0.05) is 48.5 Å². The second-order valence-corrected chi connectivity index (χ2v) is 6.26. The van der Waals surface area contributed by atoms with Crippen LogP contribution < -0.4 is 5.32 Å². The maximum absolute atomic E-state index is 5.58. The number of aliphatic imine (C=N–C) groups is 1. The van der Waals surface area contributed by atoms with Crippen molar-refractivity contribution in [3.05, 3.63) is 66.2 Å². The number of likely N-dealkylation sites (N-methyl/N-ethyl adjacent to an activating group) is 1. The van der Waals surface area contributed by atoms with E-state index in [0.29, 0.717) is 5.11 Å². The standard InChI is InChI=1S/C19H22N4S/c1-22-12-14-23(15-13-22)19(24)21-18(16-8-4-2-5-9-16)20-17-10-6-3-7-11-17/h2-11H,12-15H2,1H3,(H,20,21,24). The van der Waals surface area contributed by atoms with Gasteiger partial charge in [0.1, 0.15) is 5.84 Å². The number of thiocarbonyl (C=S) groups is 1. The number of anilines is 1. The van der Waals surface area contributed by atoms with Gasteiger partial charge in [0.25, 0.3) is 0 Å². The van der Waals surface area contributed by atoms with Gasteiger partial charge in [-0.2, -0.15) is 0 Å². The topological polar surface area (TPSA) is 30.9 Å². The number of hydrogen-bond donors (Lipinski definition) is 1. The number of amidine groups is 1. The predicted molar refractivity (Wildman–Crippen MR) is 105 cm³/mol. The highest BCUT2D eigenvalue weighted by molar-refractivity contribution is 7.80. The van der Waals surface area contributed by atoms with Crippen molar-refractivity contribution in [3.63, 3.8) is 0 Å². The van der Waals surface area contributed by atoms with E-state index in [2.05, 4.69) is 22.2 Å². The molecular formula is C19H22N4S. The molecule has 1 aliphatic heterocycles. The summed E-state index contributed by atoms with van der Waals surface area (Å²) in [6, 6.07) is 20.2. The van der Waals surface area contributed by atoms with Crippen LogP contribution in [-0.4, -0.2) is 54.0 Å². The van der Waals surface area contributed by atoms with Gasteiger partial charge < -0.3 is 15.1 Å². The zero-order chi connectivity index (χ0) is 16.8. The summed E-state index contributed by atoms with van der Waals surface area (Å²) < 4.78 is 0. The molecule has 0 radical (unpaired) electrons. The molecule has 0 unspecified atom stereocenters. The van der Waals surface area contributed by atoms with E-state index in [0.717, 1.165) is 43.3 Å². The van der Waals surface area contributed by atoms with Crippen molar-refractivity contribution in [3.8, 4) is 0 Å². The summed E-state index contributed by atoms with van der Waals surface area (Å²) in [7, 11) is 2.13. The van der Waals surface area contributed by atoms with Gasteiger partial charge in [0.2, 0.25) is 0 Å². The molecule has 2 aromatic rings. The summed E-state index contributed by atoms with van der Waals surface area (Å²) in [6.07, 6.45) is 0. The van der Waals surface area contributed by atoms with E-state index in [9.17, 15) is 0 Å². The molecule has 5 heteroatoms. The first-order valence-electron chi connectivity index (χ1n) is 8.16. The fourth-order valence-electron chi connectivity index (χ4n) is 2.58. The molecule has 0 atom stereocenters. The average Bonchev–Trinajstić information content (AvgIpc) is 2.63. The third-order valence-electron chi connectivity index (χ3n) is 4.06. The Morgan fingerprint density at radius 1 is 0.917 bits per heavy atom.